The highest BCUT2D eigenvalue weighted by Crippen LogP contribution is 2.44. The number of hydrogen-bond acceptors (Lipinski definition) is 4. The van der Waals surface area contributed by atoms with Gasteiger partial charge >= 0.3 is 0 Å². The molecule has 2 atom stereocenters. The van der Waals surface area contributed by atoms with Crippen molar-refractivity contribution in [1.82, 2.24) is 0 Å². The van der Waals surface area contributed by atoms with Gasteiger partial charge in [0.25, 0.3) is 0 Å². The van der Waals surface area contributed by atoms with Crippen LogP contribution in [0.15, 0.2) is 12.1 Å². The van der Waals surface area contributed by atoms with Gasteiger partial charge in [0, 0.05) is 12.2 Å². The molecule has 18 heavy (non-hydrogen) atoms. The lowest BCUT2D eigenvalue weighted by molar-refractivity contribution is 0.100. The van der Waals surface area contributed by atoms with Crippen molar-refractivity contribution in [3.05, 3.63) is 22.7 Å². The molecule has 0 N–H and O–H groups in total. The molecule has 2 unspecified atom stereocenters. The Morgan fingerprint density at radius 2 is 2.17 bits per heavy atom. The van der Waals surface area contributed by atoms with Gasteiger partial charge < -0.3 is 14.2 Å². The van der Waals surface area contributed by atoms with Crippen LogP contribution in [0.5, 0.6) is 11.5 Å². The molecule has 0 saturated carbocycles. The molecular formula is C13H14ClNO3. The predicted octanol–water partition coefficient (Wildman–Crippen LogP) is 2.96. The fourth-order valence-electron chi connectivity index (χ4n) is 2.15. The van der Waals surface area contributed by atoms with E-state index in [-0.39, 0.29) is 12.0 Å². The zero-order chi connectivity index (χ0) is 13.1. The van der Waals surface area contributed by atoms with Crippen LogP contribution in [-0.2, 0) is 4.74 Å². The van der Waals surface area contributed by atoms with E-state index >= 15 is 0 Å². The summed E-state index contributed by atoms with van der Waals surface area (Å²) in [6.45, 7) is 0.577. The molecule has 0 aliphatic carbocycles. The molecule has 0 amide bonds. The summed E-state index contributed by atoms with van der Waals surface area (Å²) in [5.41, 5.74) is 0.776. The number of ether oxygens (including phenoxy) is 3. The number of benzene rings is 1. The first kappa shape index (κ1) is 13.0. The lowest BCUT2D eigenvalue weighted by Crippen LogP contribution is -2.07. The van der Waals surface area contributed by atoms with Crippen molar-refractivity contribution in [2.45, 2.75) is 12.5 Å². The second kappa shape index (κ2) is 5.47. The zero-order valence-electron chi connectivity index (χ0n) is 10.3. The summed E-state index contributed by atoms with van der Waals surface area (Å²) in [6, 6.07) is 5.85. The molecule has 1 aliphatic heterocycles. The van der Waals surface area contributed by atoms with Crippen LogP contribution in [0, 0.1) is 17.2 Å². The van der Waals surface area contributed by atoms with Crippen LogP contribution in [0.1, 0.15) is 18.1 Å². The number of halogens is 1. The van der Waals surface area contributed by atoms with Gasteiger partial charge in [0.1, 0.15) is 0 Å². The molecule has 96 valence electrons. The van der Waals surface area contributed by atoms with Crippen molar-refractivity contribution in [3.8, 4) is 17.6 Å². The molecule has 2 rings (SSSR count). The number of methoxy groups -OCH3 is 2. The van der Waals surface area contributed by atoms with Crippen molar-refractivity contribution >= 4 is 11.6 Å². The zero-order valence-corrected chi connectivity index (χ0v) is 11.0. The van der Waals surface area contributed by atoms with E-state index in [2.05, 4.69) is 6.07 Å². The highest BCUT2D eigenvalue weighted by Gasteiger charge is 2.32. The maximum atomic E-state index is 9.09. The van der Waals surface area contributed by atoms with Gasteiger partial charge in [-0.2, -0.15) is 5.26 Å². The molecule has 0 bridgehead atoms. The van der Waals surface area contributed by atoms with E-state index in [0.29, 0.717) is 23.1 Å². The van der Waals surface area contributed by atoms with Crippen LogP contribution in [0.2, 0.25) is 5.02 Å². The van der Waals surface area contributed by atoms with Gasteiger partial charge in [0.15, 0.2) is 11.5 Å². The Hall–Kier alpha value is -1.44. The Kier molecular flexibility index (Phi) is 3.95. The Morgan fingerprint density at radius 1 is 1.39 bits per heavy atom. The van der Waals surface area contributed by atoms with Gasteiger partial charge in [0.2, 0.25) is 0 Å². The quantitative estimate of drug-likeness (QED) is 0.845. The molecule has 1 aliphatic rings. The van der Waals surface area contributed by atoms with E-state index in [1.54, 1.807) is 13.2 Å². The van der Waals surface area contributed by atoms with Gasteiger partial charge in [-0.15, -0.1) is 0 Å². The maximum absolute atomic E-state index is 9.09. The van der Waals surface area contributed by atoms with Crippen molar-refractivity contribution in [3.63, 3.8) is 0 Å². The molecule has 1 saturated heterocycles. The van der Waals surface area contributed by atoms with Gasteiger partial charge in [-0.05, 0) is 12.5 Å². The monoisotopic (exact) mass is 267 g/mol. The van der Waals surface area contributed by atoms with E-state index in [9.17, 15) is 0 Å². The first-order valence-electron chi connectivity index (χ1n) is 5.64. The van der Waals surface area contributed by atoms with E-state index < -0.39 is 0 Å². The van der Waals surface area contributed by atoms with E-state index in [4.69, 9.17) is 31.1 Å². The summed E-state index contributed by atoms with van der Waals surface area (Å²) >= 11 is 6.30. The Bertz CT molecular complexity index is 484. The average Bonchev–Trinajstić information content (AvgIpc) is 2.86. The van der Waals surface area contributed by atoms with Crippen LogP contribution in [0.3, 0.4) is 0 Å². The Balaban J connectivity index is 2.43. The minimum absolute atomic E-state index is 0.166. The van der Waals surface area contributed by atoms with Crippen LogP contribution in [0.4, 0.5) is 0 Å². The third kappa shape index (κ3) is 2.12. The smallest absolute Gasteiger partial charge is 0.179 e. The number of nitrogens with zero attached hydrogens (tertiary/aromatic N) is 1. The minimum atomic E-state index is -0.290. The van der Waals surface area contributed by atoms with E-state index in [1.807, 2.05) is 6.07 Å². The fraction of sp³-hybridized carbons (Fsp3) is 0.462. The number of hydrogen-bond donors (Lipinski definition) is 0. The molecule has 0 radical (unpaired) electrons. The largest absolute Gasteiger partial charge is 0.493 e. The minimum Gasteiger partial charge on any atom is -0.493 e. The molecule has 4 nitrogen and oxygen atoms in total. The second-order valence-electron chi connectivity index (χ2n) is 4.02. The molecule has 1 aromatic carbocycles. The van der Waals surface area contributed by atoms with Crippen LogP contribution in [0.25, 0.3) is 0 Å². The van der Waals surface area contributed by atoms with Crippen molar-refractivity contribution < 1.29 is 14.2 Å². The summed E-state index contributed by atoms with van der Waals surface area (Å²) in [5.74, 6) is 0.877. The summed E-state index contributed by atoms with van der Waals surface area (Å²) < 4.78 is 16.0. The highest BCUT2D eigenvalue weighted by atomic mass is 35.5. The first-order valence-corrected chi connectivity index (χ1v) is 6.02. The maximum Gasteiger partial charge on any atom is 0.179 e. The second-order valence-corrected chi connectivity index (χ2v) is 4.40. The van der Waals surface area contributed by atoms with Crippen molar-refractivity contribution in [2.24, 2.45) is 5.92 Å². The molecule has 0 spiro atoms. The van der Waals surface area contributed by atoms with Crippen LogP contribution in [-0.4, -0.2) is 20.8 Å². The molecule has 1 heterocycles. The Labute approximate surface area is 111 Å². The van der Waals surface area contributed by atoms with E-state index in [0.717, 1.165) is 12.0 Å². The lowest BCUT2D eigenvalue weighted by Gasteiger charge is -2.18. The van der Waals surface area contributed by atoms with Crippen molar-refractivity contribution in [2.75, 3.05) is 20.8 Å². The fourth-order valence-corrected chi connectivity index (χ4v) is 2.49. The number of rotatable bonds is 3. The average molecular weight is 268 g/mol. The van der Waals surface area contributed by atoms with Gasteiger partial charge in [-0.3, -0.25) is 0 Å². The molecule has 5 heteroatoms. The van der Waals surface area contributed by atoms with Gasteiger partial charge in [-0.1, -0.05) is 17.7 Å². The molecule has 1 fully saturated rings. The van der Waals surface area contributed by atoms with Crippen LogP contribution >= 0.6 is 11.6 Å². The SMILES string of the molecule is COc1ccc(C2OCCC2C#N)c(Cl)c1OC. The van der Waals surface area contributed by atoms with Crippen molar-refractivity contribution in [1.29, 1.82) is 5.26 Å². The molecular weight excluding hydrogens is 254 g/mol. The first-order chi connectivity index (χ1) is 8.72. The molecule has 0 aromatic heterocycles. The molecule has 1 aromatic rings. The highest BCUT2D eigenvalue weighted by molar-refractivity contribution is 6.33. The summed E-state index contributed by atoms with van der Waals surface area (Å²) in [4.78, 5) is 0. The van der Waals surface area contributed by atoms with E-state index in [1.165, 1.54) is 7.11 Å². The third-order valence-electron chi connectivity index (χ3n) is 3.08. The topological polar surface area (TPSA) is 51.5 Å². The normalized spacial score (nSPS) is 22.6. The standard InChI is InChI=1S/C13H14ClNO3/c1-16-10-4-3-9(11(14)13(10)17-2)12-8(7-15)5-6-18-12/h3-4,8,12H,5-6H2,1-2H3. The summed E-state index contributed by atoms with van der Waals surface area (Å²) in [5, 5.41) is 9.54. The van der Waals surface area contributed by atoms with Gasteiger partial charge in [0.05, 0.1) is 37.3 Å². The van der Waals surface area contributed by atoms with Gasteiger partial charge in [-0.25, -0.2) is 0 Å². The summed E-state index contributed by atoms with van der Waals surface area (Å²) in [6.07, 6.45) is 0.438. The Morgan fingerprint density at radius 3 is 2.78 bits per heavy atom. The van der Waals surface area contributed by atoms with Crippen LogP contribution < -0.4 is 9.47 Å². The third-order valence-corrected chi connectivity index (χ3v) is 3.47. The number of nitriles is 1. The predicted molar refractivity (Wildman–Crippen MR) is 67.0 cm³/mol. The lowest BCUT2D eigenvalue weighted by atomic mass is 9.96. The summed E-state index contributed by atoms with van der Waals surface area (Å²) in [7, 11) is 3.09.